The fourth-order valence-electron chi connectivity index (χ4n) is 8.50. The van der Waals surface area contributed by atoms with Crippen LogP contribution in [0.1, 0.15) is 0 Å². The zero-order chi connectivity index (χ0) is 36.3. The quantitative estimate of drug-likeness (QED) is 0.172. The number of anilines is 3. The van der Waals surface area contributed by atoms with Crippen LogP contribution in [0, 0.1) is 0 Å². The first-order valence-electron chi connectivity index (χ1n) is 18.8. The van der Waals surface area contributed by atoms with Crippen molar-refractivity contribution in [3.63, 3.8) is 0 Å². The van der Waals surface area contributed by atoms with Gasteiger partial charge in [0, 0.05) is 32.9 Å². The zero-order valence-electron chi connectivity index (χ0n) is 29.9. The molecule has 0 aliphatic heterocycles. The summed E-state index contributed by atoms with van der Waals surface area (Å²) in [5, 5.41) is 6.86. The fourth-order valence-corrected chi connectivity index (χ4v) is 8.50. The minimum atomic E-state index is 0.869. The van der Waals surface area contributed by atoms with E-state index in [1.54, 1.807) is 0 Å². The molecule has 0 saturated carbocycles. The van der Waals surface area contributed by atoms with Gasteiger partial charge in [-0.3, -0.25) is 0 Å². The van der Waals surface area contributed by atoms with Crippen LogP contribution >= 0.6 is 0 Å². The van der Waals surface area contributed by atoms with E-state index >= 15 is 0 Å². The molecule has 0 bridgehead atoms. The maximum Gasteiger partial charge on any atom is 0.138 e. The van der Waals surface area contributed by atoms with Crippen LogP contribution in [0.3, 0.4) is 0 Å². The first kappa shape index (κ1) is 31.2. The standard InChI is InChI=1S/C52H34N2O/c1-3-15-35(16-4-1)37-18-13-19-38(33-37)36-29-31-41(32-30-36)54(52-42-22-8-7-17-39(42)34-49-51(52)44-24-10-12-28-48(44)55-49)47-27-14-26-46-50(47)43-23-9-11-25-45(43)53(46)40-20-5-2-6-21-40/h1-34H. The Kier molecular flexibility index (Phi) is 7.17. The van der Waals surface area contributed by atoms with Crippen LogP contribution in [0.2, 0.25) is 0 Å². The summed E-state index contributed by atoms with van der Waals surface area (Å²) in [6.45, 7) is 0. The third-order valence-electron chi connectivity index (χ3n) is 10.9. The molecule has 0 aliphatic rings. The molecular formula is C52H34N2O. The number of hydrogen-bond acceptors (Lipinski definition) is 2. The number of benzene rings is 9. The Hall–Kier alpha value is -7.36. The summed E-state index contributed by atoms with van der Waals surface area (Å²) in [6.07, 6.45) is 0. The number of fused-ring (bicyclic) bond motifs is 7. The van der Waals surface area contributed by atoms with Gasteiger partial charge in [0.1, 0.15) is 11.2 Å². The second kappa shape index (κ2) is 12.6. The van der Waals surface area contributed by atoms with Crippen molar-refractivity contribution >= 4 is 71.6 Å². The number of rotatable bonds is 6. The van der Waals surface area contributed by atoms with Crippen LogP contribution in [0.25, 0.3) is 82.5 Å². The molecule has 11 rings (SSSR count). The normalized spacial score (nSPS) is 11.6. The molecule has 0 fully saturated rings. The van der Waals surface area contributed by atoms with Crippen molar-refractivity contribution in [1.82, 2.24) is 4.57 Å². The van der Waals surface area contributed by atoms with E-state index in [9.17, 15) is 0 Å². The summed E-state index contributed by atoms with van der Waals surface area (Å²) < 4.78 is 9.03. The Morgan fingerprint density at radius 2 is 0.982 bits per heavy atom. The van der Waals surface area contributed by atoms with Gasteiger partial charge in [0.15, 0.2) is 0 Å². The molecule has 2 aromatic heterocycles. The average molecular weight is 703 g/mol. The van der Waals surface area contributed by atoms with Gasteiger partial charge in [-0.25, -0.2) is 0 Å². The highest BCUT2D eigenvalue weighted by atomic mass is 16.3. The maximum absolute atomic E-state index is 6.64. The lowest BCUT2D eigenvalue weighted by Gasteiger charge is -2.29. The summed E-state index contributed by atoms with van der Waals surface area (Å²) in [6, 6.07) is 73.9. The highest BCUT2D eigenvalue weighted by molar-refractivity contribution is 6.24. The topological polar surface area (TPSA) is 21.3 Å². The summed E-state index contributed by atoms with van der Waals surface area (Å²) in [7, 11) is 0. The monoisotopic (exact) mass is 702 g/mol. The molecule has 0 N–H and O–H groups in total. The predicted molar refractivity (Wildman–Crippen MR) is 231 cm³/mol. The Balaban J connectivity index is 1.21. The van der Waals surface area contributed by atoms with Gasteiger partial charge in [-0.1, -0.05) is 146 Å². The van der Waals surface area contributed by atoms with Crippen molar-refractivity contribution in [1.29, 1.82) is 0 Å². The van der Waals surface area contributed by atoms with Gasteiger partial charge in [-0.05, 0) is 88.3 Å². The van der Waals surface area contributed by atoms with E-state index in [0.717, 1.165) is 66.5 Å². The molecule has 0 saturated heterocycles. The van der Waals surface area contributed by atoms with Gasteiger partial charge < -0.3 is 13.9 Å². The molecule has 0 aliphatic carbocycles. The van der Waals surface area contributed by atoms with Crippen molar-refractivity contribution in [2.24, 2.45) is 0 Å². The largest absolute Gasteiger partial charge is 0.456 e. The molecule has 0 unspecified atom stereocenters. The van der Waals surface area contributed by atoms with Crippen molar-refractivity contribution in [2.45, 2.75) is 0 Å². The summed E-state index contributed by atoms with van der Waals surface area (Å²) >= 11 is 0. The van der Waals surface area contributed by atoms with Crippen molar-refractivity contribution in [2.75, 3.05) is 4.90 Å². The SMILES string of the molecule is c1ccc(-c2cccc(-c3ccc(N(c4c5ccccc5cc5oc6ccccc6c45)c4cccc5c4c4ccccc4n5-c4ccccc4)cc3)c2)cc1. The number of aromatic nitrogens is 1. The maximum atomic E-state index is 6.64. The van der Waals surface area contributed by atoms with Crippen molar-refractivity contribution in [3.05, 3.63) is 206 Å². The molecule has 2 heterocycles. The fraction of sp³-hybridized carbons (Fsp3) is 0. The number of hydrogen-bond donors (Lipinski definition) is 0. The molecule has 0 amide bonds. The van der Waals surface area contributed by atoms with Crippen LogP contribution in [-0.4, -0.2) is 4.57 Å². The van der Waals surface area contributed by atoms with Crippen LogP contribution in [-0.2, 0) is 0 Å². The van der Waals surface area contributed by atoms with Gasteiger partial charge in [-0.15, -0.1) is 0 Å². The smallest absolute Gasteiger partial charge is 0.138 e. The molecule has 0 radical (unpaired) electrons. The van der Waals surface area contributed by atoms with Gasteiger partial charge in [-0.2, -0.15) is 0 Å². The van der Waals surface area contributed by atoms with E-state index < -0.39 is 0 Å². The molecule has 11 aromatic rings. The van der Waals surface area contributed by atoms with Crippen LogP contribution in [0.5, 0.6) is 0 Å². The molecular weight excluding hydrogens is 669 g/mol. The predicted octanol–water partition coefficient (Wildman–Crippen LogP) is 14.6. The lowest BCUT2D eigenvalue weighted by atomic mass is 9.98. The molecule has 3 nitrogen and oxygen atoms in total. The van der Waals surface area contributed by atoms with Gasteiger partial charge in [0.25, 0.3) is 0 Å². The second-order valence-electron chi connectivity index (χ2n) is 14.1. The van der Waals surface area contributed by atoms with Gasteiger partial charge in [0.05, 0.1) is 27.8 Å². The highest BCUT2D eigenvalue weighted by Gasteiger charge is 2.26. The first-order valence-corrected chi connectivity index (χ1v) is 18.8. The Bertz CT molecular complexity index is 3190. The number of nitrogens with zero attached hydrogens (tertiary/aromatic N) is 2. The van der Waals surface area contributed by atoms with E-state index in [0.29, 0.717) is 0 Å². The molecule has 3 heteroatoms. The van der Waals surface area contributed by atoms with Crippen molar-refractivity contribution < 1.29 is 4.42 Å². The highest BCUT2D eigenvalue weighted by Crippen LogP contribution is 2.50. The Morgan fingerprint density at radius 1 is 0.382 bits per heavy atom. The molecule has 0 spiro atoms. The minimum absolute atomic E-state index is 0.869. The summed E-state index contributed by atoms with van der Waals surface area (Å²) in [5.41, 5.74) is 13.2. The number of furan rings is 1. The third kappa shape index (κ3) is 5.05. The summed E-state index contributed by atoms with van der Waals surface area (Å²) in [4.78, 5) is 2.47. The third-order valence-corrected chi connectivity index (χ3v) is 10.9. The van der Waals surface area contributed by atoms with Crippen LogP contribution in [0.15, 0.2) is 211 Å². The minimum Gasteiger partial charge on any atom is -0.456 e. The van der Waals surface area contributed by atoms with Crippen LogP contribution < -0.4 is 4.90 Å². The van der Waals surface area contributed by atoms with Crippen molar-refractivity contribution in [3.8, 4) is 27.9 Å². The average Bonchev–Trinajstić information content (AvgIpc) is 3.80. The molecule has 9 aromatic carbocycles. The number of para-hydroxylation sites is 3. The van der Waals surface area contributed by atoms with Crippen LogP contribution in [0.4, 0.5) is 17.1 Å². The van der Waals surface area contributed by atoms with E-state index in [1.807, 2.05) is 6.07 Å². The van der Waals surface area contributed by atoms with E-state index in [2.05, 4.69) is 210 Å². The second-order valence-corrected chi connectivity index (χ2v) is 14.1. The Labute approximate surface area is 318 Å². The first-order chi connectivity index (χ1) is 27.3. The lowest BCUT2D eigenvalue weighted by Crippen LogP contribution is -2.11. The zero-order valence-corrected chi connectivity index (χ0v) is 29.9. The lowest BCUT2D eigenvalue weighted by molar-refractivity contribution is 0.669. The molecule has 258 valence electrons. The van der Waals surface area contributed by atoms with Gasteiger partial charge in [0.2, 0.25) is 0 Å². The van der Waals surface area contributed by atoms with Gasteiger partial charge >= 0.3 is 0 Å². The molecule has 55 heavy (non-hydrogen) atoms. The Morgan fingerprint density at radius 3 is 1.78 bits per heavy atom. The summed E-state index contributed by atoms with van der Waals surface area (Å²) in [5.74, 6) is 0. The van der Waals surface area contributed by atoms with E-state index in [1.165, 1.54) is 33.0 Å². The van der Waals surface area contributed by atoms with E-state index in [4.69, 9.17) is 4.42 Å². The van der Waals surface area contributed by atoms with E-state index in [-0.39, 0.29) is 0 Å². The molecule has 0 atom stereocenters.